The molecule has 0 N–H and O–H groups in total. The first kappa shape index (κ1) is 30.7. The topological polar surface area (TPSA) is 8.17 Å². The standard InChI is InChI=1S/C49H38N2/c1-49(40-16-6-3-7-17-40)33-31-43(32-34-49)50(41-27-23-37(24-28-41)36-13-4-2-5-14-36)42-29-25-38(26-30-42)39-15-12-18-44(35-39)51-47-21-10-8-19-45(47)46-20-9-11-22-48(46)51/h2-33,35H,34H2,1H3. The molecule has 2 heteroatoms. The van der Waals surface area contributed by atoms with E-state index >= 15 is 0 Å². The van der Waals surface area contributed by atoms with Crippen LogP contribution in [-0.4, -0.2) is 4.57 Å². The molecule has 1 aliphatic carbocycles. The first-order valence-corrected chi connectivity index (χ1v) is 17.7. The zero-order valence-corrected chi connectivity index (χ0v) is 28.7. The summed E-state index contributed by atoms with van der Waals surface area (Å²) in [4.78, 5) is 2.38. The first-order chi connectivity index (χ1) is 25.1. The highest BCUT2D eigenvalue weighted by atomic mass is 15.1. The zero-order valence-electron chi connectivity index (χ0n) is 28.7. The van der Waals surface area contributed by atoms with Crippen molar-refractivity contribution in [3.8, 4) is 27.9 Å². The van der Waals surface area contributed by atoms with Crippen molar-refractivity contribution in [2.24, 2.45) is 0 Å². The van der Waals surface area contributed by atoms with E-state index in [1.165, 1.54) is 55.3 Å². The van der Waals surface area contributed by atoms with Crippen molar-refractivity contribution in [3.05, 3.63) is 211 Å². The van der Waals surface area contributed by atoms with Crippen molar-refractivity contribution >= 4 is 33.2 Å². The van der Waals surface area contributed by atoms with E-state index in [-0.39, 0.29) is 5.41 Å². The Morgan fingerprint density at radius 3 is 1.59 bits per heavy atom. The number of nitrogens with zero attached hydrogens (tertiary/aromatic N) is 2. The summed E-state index contributed by atoms with van der Waals surface area (Å²) in [6.45, 7) is 2.33. The third kappa shape index (κ3) is 5.65. The van der Waals surface area contributed by atoms with Gasteiger partial charge in [0.25, 0.3) is 0 Å². The van der Waals surface area contributed by atoms with Crippen molar-refractivity contribution in [3.63, 3.8) is 0 Å². The van der Waals surface area contributed by atoms with Crippen LogP contribution in [0.25, 0.3) is 49.7 Å². The normalized spacial score (nSPS) is 15.6. The van der Waals surface area contributed by atoms with Gasteiger partial charge in [0.05, 0.1) is 11.0 Å². The minimum Gasteiger partial charge on any atom is -0.311 e. The molecule has 1 aromatic heterocycles. The Morgan fingerprint density at radius 1 is 0.490 bits per heavy atom. The monoisotopic (exact) mass is 654 g/mol. The van der Waals surface area contributed by atoms with E-state index in [0.29, 0.717) is 0 Å². The number of rotatable bonds is 7. The molecule has 0 fully saturated rings. The molecular weight excluding hydrogens is 617 g/mol. The fourth-order valence-corrected chi connectivity index (χ4v) is 7.63. The largest absolute Gasteiger partial charge is 0.311 e. The highest BCUT2D eigenvalue weighted by molar-refractivity contribution is 6.09. The lowest BCUT2D eigenvalue weighted by Crippen LogP contribution is -2.24. The third-order valence-electron chi connectivity index (χ3n) is 10.4. The first-order valence-electron chi connectivity index (χ1n) is 17.7. The Labute approximate surface area is 299 Å². The van der Waals surface area contributed by atoms with Crippen LogP contribution in [0, 0.1) is 0 Å². The summed E-state index contributed by atoms with van der Waals surface area (Å²) in [6, 6.07) is 65.7. The van der Waals surface area contributed by atoms with Crippen LogP contribution in [0.15, 0.2) is 206 Å². The minimum absolute atomic E-state index is 0.0428. The van der Waals surface area contributed by atoms with Crippen LogP contribution in [-0.2, 0) is 5.41 Å². The van der Waals surface area contributed by atoms with Gasteiger partial charge < -0.3 is 9.47 Å². The highest BCUT2D eigenvalue weighted by Gasteiger charge is 2.27. The van der Waals surface area contributed by atoms with E-state index < -0.39 is 0 Å². The van der Waals surface area contributed by atoms with Gasteiger partial charge in [-0.05, 0) is 88.8 Å². The lowest BCUT2D eigenvalue weighted by Gasteiger charge is -2.33. The molecule has 1 atom stereocenters. The molecule has 7 aromatic carbocycles. The van der Waals surface area contributed by atoms with E-state index in [4.69, 9.17) is 0 Å². The summed E-state index contributed by atoms with van der Waals surface area (Å²) in [5, 5.41) is 2.55. The van der Waals surface area contributed by atoms with Gasteiger partial charge in [0.2, 0.25) is 0 Å². The second-order valence-electron chi connectivity index (χ2n) is 13.7. The number of aromatic nitrogens is 1. The number of benzene rings is 7. The van der Waals surface area contributed by atoms with Crippen molar-refractivity contribution < 1.29 is 0 Å². The van der Waals surface area contributed by atoms with Crippen LogP contribution in [0.4, 0.5) is 11.4 Å². The van der Waals surface area contributed by atoms with E-state index in [9.17, 15) is 0 Å². The number of allylic oxidation sites excluding steroid dienone is 3. The fraction of sp³-hybridized carbons (Fsp3) is 0.0612. The predicted octanol–water partition coefficient (Wildman–Crippen LogP) is 13.1. The van der Waals surface area contributed by atoms with Crippen LogP contribution in [0.3, 0.4) is 0 Å². The molecule has 0 radical (unpaired) electrons. The van der Waals surface area contributed by atoms with Gasteiger partial charge in [-0.25, -0.2) is 0 Å². The van der Waals surface area contributed by atoms with E-state index in [2.05, 4.69) is 217 Å². The Morgan fingerprint density at radius 2 is 1.00 bits per heavy atom. The Hall–Kier alpha value is -6.38. The molecule has 244 valence electrons. The number of hydrogen-bond acceptors (Lipinski definition) is 1. The molecule has 1 aliphatic rings. The Kier molecular flexibility index (Phi) is 7.71. The lowest BCUT2D eigenvalue weighted by atomic mass is 9.77. The molecule has 1 unspecified atom stereocenters. The van der Waals surface area contributed by atoms with Gasteiger partial charge in [-0.2, -0.15) is 0 Å². The lowest BCUT2D eigenvalue weighted by molar-refractivity contribution is 0.595. The second-order valence-corrected chi connectivity index (χ2v) is 13.7. The van der Waals surface area contributed by atoms with Gasteiger partial charge in [0, 0.05) is 38.9 Å². The van der Waals surface area contributed by atoms with Crippen molar-refractivity contribution in [1.82, 2.24) is 4.57 Å². The van der Waals surface area contributed by atoms with Crippen LogP contribution in [0.1, 0.15) is 18.9 Å². The van der Waals surface area contributed by atoms with Gasteiger partial charge in [-0.15, -0.1) is 0 Å². The maximum atomic E-state index is 2.39. The fourth-order valence-electron chi connectivity index (χ4n) is 7.63. The second kappa shape index (κ2) is 12.8. The molecule has 0 aliphatic heterocycles. The smallest absolute Gasteiger partial charge is 0.0541 e. The quantitative estimate of drug-likeness (QED) is 0.166. The van der Waals surface area contributed by atoms with Crippen molar-refractivity contribution in [2.45, 2.75) is 18.8 Å². The van der Waals surface area contributed by atoms with Gasteiger partial charge in [-0.1, -0.05) is 153 Å². The van der Waals surface area contributed by atoms with Gasteiger partial charge >= 0.3 is 0 Å². The maximum absolute atomic E-state index is 2.39. The molecule has 2 nitrogen and oxygen atoms in total. The molecule has 0 saturated heterocycles. The van der Waals surface area contributed by atoms with Crippen LogP contribution in [0.5, 0.6) is 0 Å². The van der Waals surface area contributed by atoms with E-state index in [0.717, 1.165) is 23.5 Å². The molecule has 0 amide bonds. The Bertz CT molecular complexity index is 2490. The number of fused-ring (bicyclic) bond motifs is 3. The van der Waals surface area contributed by atoms with Crippen LogP contribution in [0.2, 0.25) is 0 Å². The summed E-state index contributed by atoms with van der Waals surface area (Å²) in [5.41, 5.74) is 13.1. The summed E-state index contributed by atoms with van der Waals surface area (Å²) >= 11 is 0. The summed E-state index contributed by atoms with van der Waals surface area (Å²) in [5.74, 6) is 0. The van der Waals surface area contributed by atoms with Gasteiger partial charge in [0.15, 0.2) is 0 Å². The third-order valence-corrected chi connectivity index (χ3v) is 10.4. The van der Waals surface area contributed by atoms with Gasteiger partial charge in [0.1, 0.15) is 0 Å². The summed E-state index contributed by atoms with van der Waals surface area (Å²) in [7, 11) is 0. The number of hydrogen-bond donors (Lipinski definition) is 0. The molecule has 0 bridgehead atoms. The molecule has 8 aromatic rings. The molecule has 0 saturated carbocycles. The van der Waals surface area contributed by atoms with Crippen molar-refractivity contribution in [1.29, 1.82) is 0 Å². The number of para-hydroxylation sites is 2. The van der Waals surface area contributed by atoms with Gasteiger partial charge in [-0.3, -0.25) is 0 Å². The molecule has 0 spiro atoms. The van der Waals surface area contributed by atoms with E-state index in [1.54, 1.807) is 0 Å². The SMILES string of the molecule is CC1(c2ccccc2)C=CC(N(c2ccc(-c3ccccc3)cc2)c2ccc(-c3cccc(-n4c5ccccc5c5ccccc54)c3)cc2)=CC1. The minimum atomic E-state index is -0.0428. The Balaban J connectivity index is 1.08. The van der Waals surface area contributed by atoms with Crippen molar-refractivity contribution in [2.75, 3.05) is 4.90 Å². The van der Waals surface area contributed by atoms with Crippen LogP contribution < -0.4 is 4.90 Å². The molecular formula is C49H38N2. The number of anilines is 2. The summed E-state index contributed by atoms with van der Waals surface area (Å²) < 4.78 is 2.38. The van der Waals surface area contributed by atoms with Crippen LogP contribution >= 0.6 is 0 Å². The molecule has 1 heterocycles. The molecule has 51 heavy (non-hydrogen) atoms. The average molecular weight is 655 g/mol. The predicted molar refractivity (Wildman–Crippen MR) is 216 cm³/mol. The highest BCUT2D eigenvalue weighted by Crippen LogP contribution is 2.40. The van der Waals surface area contributed by atoms with E-state index in [1.807, 2.05) is 0 Å². The summed E-state index contributed by atoms with van der Waals surface area (Å²) in [6.07, 6.45) is 7.98. The average Bonchev–Trinajstić information content (AvgIpc) is 3.54. The zero-order chi connectivity index (χ0) is 34.2. The molecule has 9 rings (SSSR count). The maximum Gasteiger partial charge on any atom is 0.0541 e.